The van der Waals surface area contributed by atoms with Crippen LogP contribution in [0.1, 0.15) is 59.1 Å². The summed E-state index contributed by atoms with van der Waals surface area (Å²) < 4.78 is 37.6. The zero-order valence-electron chi connectivity index (χ0n) is 26.5. The van der Waals surface area contributed by atoms with E-state index in [1.54, 1.807) is 26.0 Å². The van der Waals surface area contributed by atoms with E-state index in [1.165, 1.54) is 7.11 Å². The average molecular weight is 642 g/mol. The number of fused-ring (bicyclic) bond motifs is 3. The van der Waals surface area contributed by atoms with E-state index in [-0.39, 0.29) is 34.7 Å². The number of terminal acetylenes is 1. The summed E-state index contributed by atoms with van der Waals surface area (Å²) >= 11 is 7.13. The third kappa shape index (κ3) is 5.57. The molecule has 1 amide bonds. The monoisotopic (exact) mass is 641 g/mol. The van der Waals surface area contributed by atoms with Crippen LogP contribution in [-0.4, -0.2) is 69.5 Å². The van der Waals surface area contributed by atoms with E-state index >= 15 is 0 Å². The van der Waals surface area contributed by atoms with Crippen LogP contribution in [0.3, 0.4) is 0 Å². The van der Waals surface area contributed by atoms with Gasteiger partial charge >= 0.3 is 0 Å². The molecule has 1 aromatic rings. The Hall–Kier alpha value is -2.83. The van der Waals surface area contributed by atoms with Crippen molar-refractivity contribution in [2.45, 2.75) is 107 Å². The Balaban J connectivity index is 1.67. The molecule has 44 heavy (non-hydrogen) atoms. The van der Waals surface area contributed by atoms with E-state index in [0.717, 1.165) is 0 Å². The molecule has 2 saturated heterocycles. The molecule has 0 saturated carbocycles. The lowest BCUT2D eigenvalue weighted by Gasteiger charge is -2.39. The lowest BCUT2D eigenvalue weighted by molar-refractivity contribution is -0.166. The normalized spacial score (nSPS) is 32.7. The number of epoxide rings is 1. The molecule has 1 aromatic carbocycles. The molecule has 2 fully saturated rings. The second-order valence-electron chi connectivity index (χ2n) is 13.6. The molecule has 5 rings (SSSR count). The lowest BCUT2D eigenvalue weighted by Crippen LogP contribution is -2.52. The second-order valence-corrected chi connectivity index (χ2v) is 18.7. The standard InChI is InChI=1S/C33H40ClNO8Si/c1-10-24-33-20(11-14-25(33)40-31(5,6)43-33)15-16-32(19-36)26(41-32)18-35-27(37)17-23(42-44(8,9)30(2,3)4)21-12-13-22(38-7)29(39-24)28(21)34/h1,11-13,19,23-26H,14,17-18H2,2-9H3,(H,35,37)/t23-,24?,25-,26-,32+,33-/m1/s1. The fourth-order valence-corrected chi connectivity index (χ4v) is 7.31. The number of carbonyl (C=O) groups is 2. The maximum Gasteiger partial charge on any atom is 0.223 e. The number of hydrogen-bond acceptors (Lipinski definition) is 8. The SMILES string of the molecule is C#CC1Oc2c(OC)ccc(c2Cl)[C@H](O[Si](C)(C)C(C)(C)C)CC(=O)NC[C@H]2O[C@]2(C=O)C#CC2=CC[C@H]3OC(C)(C)O[C@]213. The van der Waals surface area contributed by atoms with E-state index in [0.29, 0.717) is 29.6 Å². The molecular weight excluding hydrogens is 602 g/mol. The van der Waals surface area contributed by atoms with E-state index < -0.39 is 49.7 Å². The summed E-state index contributed by atoms with van der Waals surface area (Å²) in [6.45, 7) is 14.3. The predicted molar refractivity (Wildman–Crippen MR) is 167 cm³/mol. The second kappa shape index (κ2) is 11.2. The number of hydrogen-bond donors (Lipinski definition) is 1. The Bertz CT molecular complexity index is 1500. The molecule has 1 unspecified atom stereocenters. The van der Waals surface area contributed by atoms with Gasteiger partial charge in [0.05, 0.1) is 24.7 Å². The van der Waals surface area contributed by atoms with Crippen molar-refractivity contribution in [2.75, 3.05) is 13.7 Å². The fourth-order valence-electron chi connectivity index (χ4n) is 5.71. The van der Waals surface area contributed by atoms with Crippen LogP contribution in [-0.2, 0) is 28.2 Å². The van der Waals surface area contributed by atoms with Crippen LogP contribution in [0, 0.1) is 24.2 Å². The maximum atomic E-state index is 13.3. The summed E-state index contributed by atoms with van der Waals surface area (Å²) in [7, 11) is -0.909. The van der Waals surface area contributed by atoms with Crippen molar-refractivity contribution in [3.63, 3.8) is 0 Å². The number of aldehydes is 1. The van der Waals surface area contributed by atoms with Crippen molar-refractivity contribution in [1.29, 1.82) is 0 Å². The Kier molecular flexibility index (Phi) is 8.29. The highest BCUT2D eigenvalue weighted by Crippen LogP contribution is 2.52. The molecule has 0 radical (unpaired) electrons. The highest BCUT2D eigenvalue weighted by molar-refractivity contribution is 6.74. The highest BCUT2D eigenvalue weighted by atomic mass is 35.5. The van der Waals surface area contributed by atoms with Gasteiger partial charge in [-0.05, 0) is 44.5 Å². The van der Waals surface area contributed by atoms with Crippen LogP contribution in [0.2, 0.25) is 23.2 Å². The van der Waals surface area contributed by atoms with Gasteiger partial charge in [0, 0.05) is 17.7 Å². The average Bonchev–Trinajstić information content (AvgIpc) is 3.44. The van der Waals surface area contributed by atoms with Gasteiger partial charge in [0.15, 0.2) is 43.6 Å². The van der Waals surface area contributed by atoms with Gasteiger partial charge in [-0.2, -0.15) is 0 Å². The van der Waals surface area contributed by atoms with Crippen LogP contribution >= 0.6 is 11.6 Å². The zero-order valence-corrected chi connectivity index (χ0v) is 28.2. The number of carbonyl (C=O) groups excluding carboxylic acids is 2. The zero-order chi connectivity index (χ0) is 32.3. The first-order valence-electron chi connectivity index (χ1n) is 14.7. The van der Waals surface area contributed by atoms with Gasteiger partial charge < -0.3 is 33.4 Å². The van der Waals surface area contributed by atoms with E-state index in [1.807, 2.05) is 6.08 Å². The minimum absolute atomic E-state index is 0.0346. The number of amides is 1. The van der Waals surface area contributed by atoms with Gasteiger partial charge in [0.1, 0.15) is 12.2 Å². The summed E-state index contributed by atoms with van der Waals surface area (Å²) in [6, 6.07) is 3.50. The van der Waals surface area contributed by atoms with Crippen molar-refractivity contribution < 1.29 is 37.7 Å². The first-order chi connectivity index (χ1) is 20.5. The summed E-state index contributed by atoms with van der Waals surface area (Å²) in [5.74, 6) is 8.04. The molecule has 6 atom stereocenters. The van der Waals surface area contributed by atoms with E-state index in [9.17, 15) is 9.59 Å². The number of benzene rings is 1. The molecule has 4 aliphatic rings. The first-order valence-corrected chi connectivity index (χ1v) is 18.0. The minimum atomic E-state index is -2.41. The fraction of sp³-hybridized carbons (Fsp3) is 0.576. The third-order valence-electron chi connectivity index (χ3n) is 9.13. The lowest BCUT2D eigenvalue weighted by atomic mass is 9.86. The van der Waals surface area contributed by atoms with Crippen molar-refractivity contribution in [2.24, 2.45) is 0 Å². The van der Waals surface area contributed by atoms with Gasteiger partial charge in [0.2, 0.25) is 11.5 Å². The Morgan fingerprint density at radius 2 is 1.95 bits per heavy atom. The van der Waals surface area contributed by atoms with Crippen molar-refractivity contribution in [3.05, 3.63) is 34.4 Å². The van der Waals surface area contributed by atoms with Crippen molar-refractivity contribution in [3.8, 4) is 35.7 Å². The van der Waals surface area contributed by atoms with E-state index in [4.69, 9.17) is 46.1 Å². The smallest absolute Gasteiger partial charge is 0.223 e. The minimum Gasteiger partial charge on any atom is -0.493 e. The molecule has 9 nitrogen and oxygen atoms in total. The number of ether oxygens (including phenoxy) is 5. The maximum absolute atomic E-state index is 13.3. The summed E-state index contributed by atoms with van der Waals surface area (Å²) in [5.41, 5.74) is -1.63. The van der Waals surface area contributed by atoms with Gasteiger partial charge in [-0.25, -0.2) is 0 Å². The van der Waals surface area contributed by atoms with Crippen molar-refractivity contribution in [1.82, 2.24) is 5.32 Å². The summed E-state index contributed by atoms with van der Waals surface area (Å²) in [4.78, 5) is 25.5. The molecule has 1 spiro atoms. The van der Waals surface area contributed by atoms with Crippen LogP contribution in [0.5, 0.6) is 11.5 Å². The Morgan fingerprint density at radius 3 is 2.59 bits per heavy atom. The van der Waals surface area contributed by atoms with E-state index in [2.05, 4.69) is 56.9 Å². The molecule has 3 heterocycles. The van der Waals surface area contributed by atoms with Crippen LogP contribution in [0.4, 0.5) is 0 Å². The van der Waals surface area contributed by atoms with Crippen molar-refractivity contribution >= 4 is 32.1 Å². The first kappa shape index (κ1) is 32.6. The summed E-state index contributed by atoms with van der Waals surface area (Å²) in [5, 5.41) is 2.95. The summed E-state index contributed by atoms with van der Waals surface area (Å²) in [6.07, 6.45) is 6.19. The molecule has 3 aliphatic heterocycles. The number of nitrogens with one attached hydrogen (secondary N) is 1. The molecule has 1 aliphatic carbocycles. The molecule has 236 valence electrons. The Labute approximate surface area is 265 Å². The predicted octanol–water partition coefficient (Wildman–Crippen LogP) is 4.87. The van der Waals surface area contributed by atoms with Crippen LogP contribution < -0.4 is 14.8 Å². The topological polar surface area (TPSA) is 105 Å². The number of halogens is 1. The number of methoxy groups -OCH3 is 1. The molecule has 2 bridgehead atoms. The highest BCUT2D eigenvalue weighted by Gasteiger charge is 2.63. The van der Waals surface area contributed by atoms with Crippen LogP contribution in [0.15, 0.2) is 23.8 Å². The quantitative estimate of drug-likeness (QED) is 0.215. The van der Waals surface area contributed by atoms with Gasteiger partial charge in [-0.1, -0.05) is 62.3 Å². The van der Waals surface area contributed by atoms with Gasteiger partial charge in [0.25, 0.3) is 0 Å². The molecule has 0 aromatic heterocycles. The van der Waals surface area contributed by atoms with Gasteiger partial charge in [-0.3, -0.25) is 9.59 Å². The van der Waals surface area contributed by atoms with Crippen LogP contribution in [0.25, 0.3) is 0 Å². The molecule has 11 heteroatoms. The molecular formula is C33H40ClNO8Si. The van der Waals surface area contributed by atoms with Gasteiger partial charge in [-0.15, -0.1) is 6.42 Å². The third-order valence-corrected chi connectivity index (χ3v) is 14.0. The largest absolute Gasteiger partial charge is 0.493 e. The molecule has 1 N–H and O–H groups in total. The Morgan fingerprint density at radius 1 is 1.23 bits per heavy atom. The number of rotatable bonds is 4.